The van der Waals surface area contributed by atoms with Crippen molar-refractivity contribution in [3.63, 3.8) is 0 Å². The molecule has 0 fully saturated rings. The van der Waals surface area contributed by atoms with Gasteiger partial charge in [0, 0.05) is 11.4 Å². The van der Waals surface area contributed by atoms with E-state index in [1.807, 2.05) is 23.2 Å². The topological polar surface area (TPSA) is 35.6 Å². The Bertz CT molecular complexity index is 575. The first-order valence-corrected chi connectivity index (χ1v) is 6.48. The van der Waals surface area contributed by atoms with Gasteiger partial charge in [-0.3, -0.25) is 0 Å². The van der Waals surface area contributed by atoms with E-state index < -0.39 is 6.98 Å². The minimum Gasteiger partial charge on any atom is -0.445 e. The zero-order chi connectivity index (χ0) is 16.2. The number of hydrogen-bond donors (Lipinski definition) is 0. The summed E-state index contributed by atoms with van der Waals surface area (Å²) in [6.45, 7) is 6.64. The summed E-state index contributed by atoms with van der Waals surface area (Å²) in [6, 6.07) is 4.15. The number of rotatable bonds is 3. The molecule has 2 aromatic heterocycles. The fourth-order valence-electron chi connectivity index (χ4n) is 1.76. The van der Waals surface area contributed by atoms with Crippen LogP contribution in [0.3, 0.4) is 0 Å². The minimum atomic E-state index is -4.72. The second-order valence-corrected chi connectivity index (χ2v) is 4.86. The van der Waals surface area contributed by atoms with Gasteiger partial charge < -0.3 is 12.9 Å². The summed E-state index contributed by atoms with van der Waals surface area (Å²) in [6.07, 6.45) is 0. The van der Waals surface area contributed by atoms with Crippen molar-refractivity contribution in [2.75, 3.05) is 0 Å². The molecule has 0 bridgehead atoms. The number of hydrogen-bond acceptors (Lipinski definition) is 2. The van der Waals surface area contributed by atoms with Crippen LogP contribution in [0.15, 0.2) is 24.7 Å². The maximum atomic E-state index is 10.7. The maximum absolute atomic E-state index is 10.7. The Labute approximate surface area is 138 Å². The van der Waals surface area contributed by atoms with Crippen molar-refractivity contribution in [1.29, 1.82) is 0 Å². The predicted molar refractivity (Wildman–Crippen MR) is 78.1 cm³/mol. The Kier molecular flexibility index (Phi) is 7.69. The molecular formula is C13H19BCuF3N4. The number of aryl methyl sites for hydroxylation is 4. The van der Waals surface area contributed by atoms with E-state index in [4.69, 9.17) is 0 Å². The van der Waals surface area contributed by atoms with Crippen molar-refractivity contribution in [3.05, 3.63) is 47.5 Å². The van der Waals surface area contributed by atoms with Gasteiger partial charge in [-0.2, -0.15) is 16.2 Å². The molecule has 0 amide bonds. The van der Waals surface area contributed by atoms with Gasteiger partial charge in [0.1, 0.15) is 6.67 Å². The van der Waals surface area contributed by atoms with Crippen molar-refractivity contribution >= 4 is 6.98 Å². The van der Waals surface area contributed by atoms with Crippen LogP contribution in [0.2, 0.25) is 0 Å². The van der Waals surface area contributed by atoms with Gasteiger partial charge in [-0.15, -0.1) is 6.58 Å². The molecule has 0 N–H and O–H groups in total. The molecule has 0 aromatic carbocycles. The van der Waals surface area contributed by atoms with E-state index in [-0.39, 0.29) is 23.0 Å². The largest absolute Gasteiger partial charge is 1.00 e. The van der Waals surface area contributed by atoms with E-state index >= 15 is 0 Å². The molecule has 0 radical (unpaired) electrons. The van der Waals surface area contributed by atoms with E-state index in [1.54, 1.807) is 0 Å². The summed E-state index contributed by atoms with van der Waals surface area (Å²) >= 11 is 0. The molecule has 22 heavy (non-hydrogen) atoms. The first kappa shape index (κ1) is 20.5. The van der Waals surface area contributed by atoms with Gasteiger partial charge >= 0.3 is 24.0 Å². The van der Waals surface area contributed by atoms with Gasteiger partial charge in [0.05, 0.1) is 11.4 Å². The molecule has 0 unspecified atom stereocenters. The molecule has 9 heteroatoms. The third kappa shape index (κ3) is 6.53. The van der Waals surface area contributed by atoms with E-state index in [0.717, 1.165) is 11.4 Å². The first-order valence-electron chi connectivity index (χ1n) is 6.48. The molecule has 0 saturated heterocycles. The zero-order valence-corrected chi connectivity index (χ0v) is 13.9. The molecule has 0 spiro atoms. The molecule has 0 aliphatic carbocycles. The Balaban J connectivity index is 0.000000546. The molecule has 4 nitrogen and oxygen atoms in total. The van der Waals surface area contributed by atoms with Crippen LogP contribution in [-0.4, -0.2) is 26.5 Å². The minimum absolute atomic E-state index is 0. The van der Waals surface area contributed by atoms with Crippen LogP contribution >= 0.6 is 0 Å². The van der Waals surface area contributed by atoms with E-state index in [9.17, 15) is 12.9 Å². The monoisotopic (exact) mass is 362 g/mol. The van der Waals surface area contributed by atoms with Gasteiger partial charge in [-0.1, -0.05) is 0 Å². The fourth-order valence-corrected chi connectivity index (χ4v) is 1.76. The molecule has 0 atom stereocenters. The predicted octanol–water partition coefficient (Wildman–Crippen LogP) is 3.38. The van der Waals surface area contributed by atoms with Gasteiger partial charge in [0.25, 0.3) is 0 Å². The van der Waals surface area contributed by atoms with Gasteiger partial charge in [0.2, 0.25) is 0 Å². The summed E-state index contributed by atoms with van der Waals surface area (Å²) in [7, 11) is 0. The summed E-state index contributed by atoms with van der Waals surface area (Å²) < 4.78 is 36.1. The van der Waals surface area contributed by atoms with Crippen LogP contribution in [0, 0.1) is 27.7 Å². The van der Waals surface area contributed by atoms with E-state index in [2.05, 4.69) is 42.8 Å². The van der Waals surface area contributed by atoms with Crippen LogP contribution in [0.5, 0.6) is 0 Å². The Morgan fingerprint density at radius 1 is 1.00 bits per heavy atom. The normalized spacial score (nSPS) is 10.5. The summed E-state index contributed by atoms with van der Waals surface area (Å²) in [5.41, 5.74) is 4.43. The second kappa shape index (κ2) is 8.24. The molecule has 2 heterocycles. The van der Waals surface area contributed by atoms with Crippen LogP contribution in [0.4, 0.5) is 12.9 Å². The fraction of sp³-hybridized carbons (Fsp3) is 0.385. The van der Waals surface area contributed by atoms with Crippen LogP contribution in [0.25, 0.3) is 0 Å². The Hall–Kier alpha value is -1.47. The van der Waals surface area contributed by atoms with Gasteiger partial charge in [-0.05, 0) is 39.8 Å². The third-order valence-corrected chi connectivity index (χ3v) is 2.74. The molecule has 0 saturated carbocycles. The van der Waals surface area contributed by atoms with Crippen LogP contribution < -0.4 is 0 Å². The Morgan fingerprint density at radius 3 is 1.50 bits per heavy atom. The Morgan fingerprint density at radius 2 is 1.32 bits per heavy atom. The number of nitrogens with zero attached hydrogens (tertiary/aromatic N) is 4. The van der Waals surface area contributed by atoms with Crippen molar-refractivity contribution in [3.8, 4) is 0 Å². The number of aromatic nitrogens is 4. The van der Waals surface area contributed by atoms with Gasteiger partial charge in [0.15, 0.2) is 0 Å². The van der Waals surface area contributed by atoms with E-state index in [1.165, 1.54) is 11.4 Å². The summed E-state index contributed by atoms with van der Waals surface area (Å²) in [5.74, 6) is 0. The molecule has 126 valence electrons. The average Bonchev–Trinajstić information content (AvgIpc) is 2.82. The van der Waals surface area contributed by atoms with Gasteiger partial charge in [-0.25, -0.2) is 9.36 Å². The standard InChI is InChI=1S/C11H16N4.C2H3BF3.Cu/c1-8-5-10(3)14(12-8)7-15-11(4)6-9(2)13-15;1-2-3(4,5)6;/h5-6H,7H2,1-4H3;2H,1H2;/q;-1;+1. The molecule has 2 rings (SSSR count). The smallest absolute Gasteiger partial charge is 0.445 e. The van der Waals surface area contributed by atoms with Crippen molar-refractivity contribution in [2.24, 2.45) is 0 Å². The maximum Gasteiger partial charge on any atom is 1.00 e. The first-order chi connectivity index (χ1) is 9.62. The summed E-state index contributed by atoms with van der Waals surface area (Å²) in [4.78, 5) is 0. The SMILES string of the molecule is C=C[B-](F)(F)F.Cc1cc(C)n(Cn2nc(C)cc2C)n1.[Cu+]. The number of halogens is 3. The third-order valence-electron chi connectivity index (χ3n) is 2.74. The molecular weight excluding hydrogens is 344 g/mol. The average molecular weight is 363 g/mol. The van der Waals surface area contributed by atoms with Crippen molar-refractivity contribution in [2.45, 2.75) is 34.4 Å². The molecule has 0 aliphatic rings. The van der Waals surface area contributed by atoms with Crippen molar-refractivity contribution in [1.82, 2.24) is 19.6 Å². The molecule has 2 aromatic rings. The van der Waals surface area contributed by atoms with E-state index in [0.29, 0.717) is 6.67 Å². The zero-order valence-electron chi connectivity index (χ0n) is 12.9. The second-order valence-electron chi connectivity index (χ2n) is 4.86. The van der Waals surface area contributed by atoms with Crippen LogP contribution in [0.1, 0.15) is 22.8 Å². The summed E-state index contributed by atoms with van der Waals surface area (Å²) in [5, 5.41) is 8.82. The quantitative estimate of drug-likeness (QED) is 0.785. The van der Waals surface area contributed by atoms with Crippen molar-refractivity contribution < 1.29 is 30.0 Å². The van der Waals surface area contributed by atoms with Crippen LogP contribution in [-0.2, 0) is 23.7 Å². The molecule has 0 aliphatic heterocycles.